The van der Waals surface area contributed by atoms with Gasteiger partial charge in [0.05, 0.1) is 13.2 Å². The van der Waals surface area contributed by atoms with Crippen LogP contribution in [0.3, 0.4) is 0 Å². The second-order valence-electron chi connectivity index (χ2n) is 6.33. The van der Waals surface area contributed by atoms with E-state index in [0.717, 1.165) is 43.5 Å². The Labute approximate surface area is 145 Å². The van der Waals surface area contributed by atoms with E-state index in [2.05, 4.69) is 10.4 Å². The van der Waals surface area contributed by atoms with Gasteiger partial charge in [-0.15, -0.1) is 0 Å². The fourth-order valence-electron chi connectivity index (χ4n) is 3.31. The predicted octanol–water partition coefficient (Wildman–Crippen LogP) is 4.24. The monoisotopic (exact) mass is 349 g/mol. The number of ether oxygens (including phenoxy) is 1. The van der Waals surface area contributed by atoms with Gasteiger partial charge in [-0.1, -0.05) is 19.3 Å². The van der Waals surface area contributed by atoms with Crippen molar-refractivity contribution in [2.24, 2.45) is 0 Å². The summed E-state index contributed by atoms with van der Waals surface area (Å²) in [5, 5.41) is 6.89. The van der Waals surface area contributed by atoms with E-state index in [0.29, 0.717) is 11.9 Å². The van der Waals surface area contributed by atoms with Crippen molar-refractivity contribution in [2.75, 3.05) is 12.4 Å². The lowest BCUT2D eigenvalue weighted by molar-refractivity contribution is 0.101. The quantitative estimate of drug-likeness (QED) is 0.898. The Morgan fingerprint density at radius 3 is 2.44 bits per heavy atom. The minimum Gasteiger partial charge on any atom is -0.497 e. The van der Waals surface area contributed by atoms with Crippen molar-refractivity contribution in [3.63, 3.8) is 0 Å². The van der Waals surface area contributed by atoms with Crippen LogP contribution in [0.4, 0.5) is 14.6 Å². The number of nitrogens with one attached hydrogen (secondary N) is 1. The van der Waals surface area contributed by atoms with Crippen molar-refractivity contribution in [1.29, 1.82) is 0 Å². The molecule has 0 spiro atoms. The van der Waals surface area contributed by atoms with Crippen LogP contribution < -0.4 is 10.1 Å². The Morgan fingerprint density at radius 1 is 1.20 bits per heavy atom. The maximum atomic E-state index is 14.0. The van der Waals surface area contributed by atoms with E-state index in [9.17, 15) is 13.6 Å². The zero-order chi connectivity index (χ0) is 18.0. The lowest BCUT2D eigenvalue weighted by Gasteiger charge is -2.23. The van der Waals surface area contributed by atoms with Gasteiger partial charge in [-0.05, 0) is 19.8 Å². The summed E-state index contributed by atoms with van der Waals surface area (Å²) in [5.41, 5.74) is 0.267. The molecule has 2 aromatic rings. The predicted molar refractivity (Wildman–Crippen MR) is 89.9 cm³/mol. The van der Waals surface area contributed by atoms with Crippen LogP contribution in [-0.4, -0.2) is 22.8 Å². The van der Waals surface area contributed by atoms with Gasteiger partial charge in [-0.25, -0.2) is 8.78 Å². The Morgan fingerprint density at radius 2 is 1.84 bits per heavy atom. The summed E-state index contributed by atoms with van der Waals surface area (Å²) in [6.07, 6.45) is 5.66. The summed E-state index contributed by atoms with van der Waals surface area (Å²) in [6, 6.07) is 3.98. The van der Waals surface area contributed by atoms with Crippen LogP contribution in [0.15, 0.2) is 18.2 Å². The Hall–Kier alpha value is -2.44. The van der Waals surface area contributed by atoms with Gasteiger partial charge in [-0.3, -0.25) is 9.48 Å². The number of hydrogen-bond acceptors (Lipinski definition) is 3. The molecule has 1 fully saturated rings. The molecule has 25 heavy (non-hydrogen) atoms. The van der Waals surface area contributed by atoms with Crippen LogP contribution in [0, 0.1) is 18.6 Å². The average molecular weight is 349 g/mol. The molecular weight excluding hydrogens is 328 g/mol. The minimum atomic E-state index is -0.974. The normalized spacial score (nSPS) is 15.2. The van der Waals surface area contributed by atoms with E-state index in [-0.39, 0.29) is 5.75 Å². The van der Waals surface area contributed by atoms with Crippen LogP contribution in [0.2, 0.25) is 0 Å². The maximum Gasteiger partial charge on any atom is 0.262 e. The molecule has 1 N–H and O–H groups in total. The molecule has 1 aromatic heterocycles. The number of methoxy groups -OCH3 is 1. The van der Waals surface area contributed by atoms with E-state index in [1.807, 2.05) is 11.6 Å². The summed E-state index contributed by atoms with van der Waals surface area (Å²) < 4.78 is 34.7. The summed E-state index contributed by atoms with van der Waals surface area (Å²) in [4.78, 5) is 12.3. The zero-order valence-electron chi connectivity index (χ0n) is 14.3. The molecular formula is C18H21F2N3O2. The van der Waals surface area contributed by atoms with Crippen molar-refractivity contribution in [3.8, 4) is 5.75 Å². The maximum absolute atomic E-state index is 14.0. The minimum absolute atomic E-state index is 0.0176. The molecule has 0 radical (unpaired) electrons. The van der Waals surface area contributed by atoms with E-state index in [1.54, 1.807) is 6.07 Å². The second-order valence-corrected chi connectivity index (χ2v) is 6.33. The first kappa shape index (κ1) is 17.4. The smallest absolute Gasteiger partial charge is 0.262 e. The van der Waals surface area contributed by atoms with Gasteiger partial charge in [0.1, 0.15) is 22.9 Å². The summed E-state index contributed by atoms with van der Waals surface area (Å²) in [5.74, 6) is -2.51. The average Bonchev–Trinajstić information content (AvgIpc) is 2.95. The highest BCUT2D eigenvalue weighted by Gasteiger charge is 2.22. The Bertz CT molecular complexity index is 760. The van der Waals surface area contributed by atoms with Crippen LogP contribution in [0.5, 0.6) is 5.75 Å². The van der Waals surface area contributed by atoms with Crippen molar-refractivity contribution in [1.82, 2.24) is 9.78 Å². The SMILES string of the molecule is COc1cc(F)c(C(=O)Nc2cc(C)n(C3CCCCC3)n2)c(F)c1. The first-order valence-electron chi connectivity index (χ1n) is 8.40. The summed E-state index contributed by atoms with van der Waals surface area (Å²) in [7, 11) is 1.30. The molecule has 3 rings (SSSR count). The second kappa shape index (κ2) is 7.21. The third-order valence-electron chi connectivity index (χ3n) is 4.56. The molecule has 1 saturated carbocycles. The Kier molecular flexibility index (Phi) is 5.01. The highest BCUT2D eigenvalue weighted by molar-refractivity contribution is 6.04. The molecule has 1 aromatic carbocycles. The lowest BCUT2D eigenvalue weighted by Crippen LogP contribution is -2.18. The number of aromatic nitrogens is 2. The van der Waals surface area contributed by atoms with Gasteiger partial charge in [-0.2, -0.15) is 5.10 Å². The highest BCUT2D eigenvalue weighted by Crippen LogP contribution is 2.29. The summed E-state index contributed by atoms with van der Waals surface area (Å²) >= 11 is 0. The Balaban J connectivity index is 1.80. The van der Waals surface area contributed by atoms with Gasteiger partial charge < -0.3 is 10.1 Å². The van der Waals surface area contributed by atoms with Crippen molar-refractivity contribution >= 4 is 11.7 Å². The van der Waals surface area contributed by atoms with E-state index >= 15 is 0 Å². The molecule has 7 heteroatoms. The van der Waals surface area contributed by atoms with Crippen molar-refractivity contribution < 1.29 is 18.3 Å². The van der Waals surface area contributed by atoms with E-state index in [1.165, 1.54) is 13.5 Å². The molecule has 0 atom stereocenters. The number of anilines is 1. The number of rotatable bonds is 4. The standard InChI is InChI=1S/C18H21F2N3O2/c1-11-8-16(22-23(11)12-6-4-3-5-7-12)21-18(24)17-14(19)9-13(25-2)10-15(17)20/h8-10,12H,3-7H2,1-2H3,(H,21,22,24). The molecule has 0 bridgehead atoms. The molecule has 1 heterocycles. The number of carbonyl (C=O) groups is 1. The molecule has 134 valence electrons. The number of aryl methyl sites for hydroxylation is 1. The molecule has 5 nitrogen and oxygen atoms in total. The molecule has 0 saturated heterocycles. The number of nitrogens with zero attached hydrogens (tertiary/aromatic N) is 2. The van der Waals surface area contributed by atoms with Crippen LogP contribution in [0.1, 0.15) is 54.2 Å². The fraction of sp³-hybridized carbons (Fsp3) is 0.444. The van der Waals surface area contributed by atoms with Crippen LogP contribution in [-0.2, 0) is 0 Å². The van der Waals surface area contributed by atoms with Gasteiger partial charge in [0.15, 0.2) is 5.82 Å². The molecule has 1 aliphatic rings. The zero-order valence-corrected chi connectivity index (χ0v) is 14.3. The summed E-state index contributed by atoms with van der Waals surface area (Å²) in [6.45, 7) is 1.91. The van der Waals surface area contributed by atoms with Gasteiger partial charge >= 0.3 is 0 Å². The van der Waals surface area contributed by atoms with E-state index in [4.69, 9.17) is 4.74 Å². The number of carbonyl (C=O) groups excluding carboxylic acids is 1. The van der Waals surface area contributed by atoms with Crippen LogP contribution >= 0.6 is 0 Å². The fourth-order valence-corrected chi connectivity index (χ4v) is 3.31. The first-order chi connectivity index (χ1) is 12.0. The van der Waals surface area contributed by atoms with Crippen molar-refractivity contribution in [2.45, 2.75) is 45.1 Å². The van der Waals surface area contributed by atoms with E-state index < -0.39 is 23.1 Å². The third-order valence-corrected chi connectivity index (χ3v) is 4.56. The van der Waals surface area contributed by atoms with Gasteiger partial charge in [0, 0.05) is 23.9 Å². The first-order valence-corrected chi connectivity index (χ1v) is 8.40. The highest BCUT2D eigenvalue weighted by atomic mass is 19.1. The van der Waals surface area contributed by atoms with Gasteiger partial charge in [0.25, 0.3) is 5.91 Å². The lowest BCUT2D eigenvalue weighted by atomic mass is 9.95. The number of amides is 1. The number of halogens is 2. The molecule has 0 aliphatic heterocycles. The molecule has 0 unspecified atom stereocenters. The van der Waals surface area contributed by atoms with Crippen molar-refractivity contribution in [3.05, 3.63) is 41.1 Å². The number of benzene rings is 1. The largest absolute Gasteiger partial charge is 0.497 e. The topological polar surface area (TPSA) is 56.1 Å². The molecule has 1 amide bonds. The van der Waals surface area contributed by atoms with Crippen LogP contribution in [0.25, 0.3) is 0 Å². The number of hydrogen-bond donors (Lipinski definition) is 1. The molecule has 1 aliphatic carbocycles. The third kappa shape index (κ3) is 3.65. The van der Waals surface area contributed by atoms with Gasteiger partial charge in [0.2, 0.25) is 0 Å².